The van der Waals surface area contributed by atoms with Crippen molar-refractivity contribution >= 4 is 34.5 Å². The number of aldehydes is 1. The largest absolute Gasteiger partial charge is 0.492 e. The molecule has 65 heavy (non-hydrogen) atoms. The lowest BCUT2D eigenvalue weighted by Gasteiger charge is -2.44. The summed E-state index contributed by atoms with van der Waals surface area (Å²) in [7, 11) is 1.69. The van der Waals surface area contributed by atoms with Crippen molar-refractivity contribution in [1.82, 2.24) is 9.88 Å². The van der Waals surface area contributed by atoms with E-state index in [0.29, 0.717) is 74.5 Å². The fourth-order valence-corrected chi connectivity index (χ4v) is 11.1. The van der Waals surface area contributed by atoms with Gasteiger partial charge in [0.05, 0.1) is 43.1 Å². The number of carbonyl (C=O) groups is 3. The Kier molecular flexibility index (Phi) is 14.8. The van der Waals surface area contributed by atoms with Gasteiger partial charge in [-0.15, -0.1) is 0 Å². The monoisotopic (exact) mass is 900 g/mol. The predicted molar refractivity (Wildman–Crippen MR) is 240 cm³/mol. The van der Waals surface area contributed by atoms with Gasteiger partial charge in [-0.2, -0.15) is 0 Å². The molecule has 1 aliphatic carbocycles. The van der Waals surface area contributed by atoms with Crippen molar-refractivity contribution < 1.29 is 63.6 Å². The van der Waals surface area contributed by atoms with Crippen LogP contribution in [-0.2, 0) is 43.3 Å². The van der Waals surface area contributed by atoms with Gasteiger partial charge in [0, 0.05) is 80.5 Å². The van der Waals surface area contributed by atoms with Crippen LogP contribution < -0.4 is 14.2 Å². The molecule has 1 aromatic heterocycles. The maximum absolute atomic E-state index is 14.5. The van der Waals surface area contributed by atoms with Crippen LogP contribution in [0.25, 0.3) is 16.5 Å². The number of aromatic nitrogens is 1. The fourth-order valence-electron chi connectivity index (χ4n) is 11.1. The summed E-state index contributed by atoms with van der Waals surface area (Å²) in [6.07, 6.45) is 6.62. The highest BCUT2D eigenvalue weighted by Crippen LogP contribution is 2.58. The first-order valence-electron chi connectivity index (χ1n) is 23.4. The van der Waals surface area contributed by atoms with Crippen LogP contribution in [-0.4, -0.2) is 132 Å². The molecule has 352 valence electrons. The van der Waals surface area contributed by atoms with Crippen molar-refractivity contribution in [2.75, 3.05) is 66.4 Å². The first-order chi connectivity index (χ1) is 31.6. The van der Waals surface area contributed by atoms with Gasteiger partial charge in [-0.25, -0.2) is 4.79 Å². The zero-order valence-corrected chi connectivity index (χ0v) is 37.6. The summed E-state index contributed by atoms with van der Waals surface area (Å²) in [6, 6.07) is 5.97. The van der Waals surface area contributed by atoms with Gasteiger partial charge in [-0.1, -0.05) is 5.57 Å². The molecule has 0 spiro atoms. The fraction of sp³-hybridized carbons (Fsp3) is 0.580. The molecule has 0 radical (unpaired) electrons. The van der Waals surface area contributed by atoms with Crippen LogP contribution in [0.3, 0.4) is 0 Å². The molecule has 5 heterocycles. The summed E-state index contributed by atoms with van der Waals surface area (Å²) in [5, 5.41) is 56.8. The maximum atomic E-state index is 14.5. The Balaban J connectivity index is 1.32. The van der Waals surface area contributed by atoms with Gasteiger partial charge in [0.2, 0.25) is 5.76 Å². The number of aryl methyl sites for hydroxylation is 1. The SMILES string of the molecule is CCOC(=O)C1=C(C=O)C2=C3CC(CO)C(=O)C(C3)c3cc4cc[nH]c4cc3CCC(CO)COc3c4c(c(CO)c(c32)O1)OC(C(O)(CCCCO)C1CCN(CCCOC)CC1)C4. The quantitative estimate of drug-likeness (QED) is 0.0666. The average molecular weight is 901 g/mol. The summed E-state index contributed by atoms with van der Waals surface area (Å²) in [6.45, 7) is 3.42. The number of allylic oxidation sites excluding steroid dienone is 3. The third-order valence-electron chi connectivity index (χ3n) is 14.6. The molecule has 0 amide bonds. The molecule has 15 heteroatoms. The lowest BCUT2D eigenvalue weighted by molar-refractivity contribution is -0.141. The van der Waals surface area contributed by atoms with E-state index in [0.717, 1.165) is 48.1 Å². The van der Waals surface area contributed by atoms with Crippen LogP contribution in [0, 0.1) is 17.8 Å². The number of H-pyrrole nitrogens is 1. The molecule has 2 bridgehead atoms. The number of esters is 1. The van der Waals surface area contributed by atoms with Gasteiger partial charge >= 0.3 is 5.97 Å². The molecule has 5 atom stereocenters. The molecule has 2 fully saturated rings. The standard InChI is InChI=1S/C50H64N2O13/c1-3-62-49(59)48-38(26-56)42-32-19-33(25-55)44(58)36(21-32)35-20-31-9-13-51-40(31)22-30(35)8-7-29(24-54)28-63-46-37-23-41(64-45(37)39(27-57)47(65-48)43(42)46)50(60,12-4-5-17-53)34-10-15-52(16-11-34)14-6-18-61-2/h9,13,20,22,26,29,33-34,36,41,51,53-55,57,60H,3-8,10-12,14-19,21,23-25,27-28H2,1-2H3. The smallest absolute Gasteiger partial charge is 0.375 e. The number of piperidine rings is 1. The number of likely N-dealkylation sites (tertiary alicyclic amines) is 1. The number of fused-ring (bicyclic) bond motifs is 7. The van der Waals surface area contributed by atoms with E-state index in [1.807, 2.05) is 24.4 Å². The number of benzene rings is 2. The number of hydrogen-bond acceptors (Lipinski definition) is 14. The number of Topliss-reactive ketones (excluding diaryl/α,β-unsaturated/α-hetero) is 1. The van der Waals surface area contributed by atoms with Crippen LogP contribution in [0.4, 0.5) is 0 Å². The first-order valence-corrected chi connectivity index (χ1v) is 23.4. The lowest BCUT2D eigenvalue weighted by Crippen LogP contribution is -2.54. The number of methoxy groups -OCH3 is 1. The topological polar surface area (TPSA) is 218 Å². The second kappa shape index (κ2) is 20.5. The Bertz CT molecular complexity index is 2310. The second-order valence-corrected chi connectivity index (χ2v) is 18.3. The Labute approximate surface area is 379 Å². The Morgan fingerprint density at radius 1 is 1.02 bits per heavy atom. The van der Waals surface area contributed by atoms with Crippen molar-refractivity contribution in [1.29, 1.82) is 0 Å². The number of rotatable bonds is 16. The number of carbonyl (C=O) groups excluding carboxylic acids is 3. The normalized spacial score (nSPS) is 23.5. The molecule has 8 rings (SSSR count). The second-order valence-electron chi connectivity index (χ2n) is 18.3. The number of unbranched alkanes of at least 4 members (excludes halogenated alkanes) is 1. The Morgan fingerprint density at radius 3 is 2.54 bits per heavy atom. The minimum absolute atomic E-state index is 0.0186. The van der Waals surface area contributed by atoms with Crippen LogP contribution in [0.1, 0.15) is 98.4 Å². The van der Waals surface area contributed by atoms with E-state index < -0.39 is 54.4 Å². The number of hydrogen-bond donors (Lipinski definition) is 6. The number of ether oxygens (including phenoxy) is 5. The van der Waals surface area contributed by atoms with E-state index in [2.05, 4.69) is 9.88 Å². The number of ketones is 1. The van der Waals surface area contributed by atoms with E-state index in [9.17, 15) is 39.9 Å². The lowest BCUT2D eigenvalue weighted by atomic mass is 9.70. The van der Waals surface area contributed by atoms with Crippen molar-refractivity contribution in [3.8, 4) is 17.2 Å². The van der Waals surface area contributed by atoms with Gasteiger partial charge in [0.1, 0.15) is 34.7 Å². The van der Waals surface area contributed by atoms with Gasteiger partial charge in [-0.05, 0) is 125 Å². The van der Waals surface area contributed by atoms with Crippen molar-refractivity contribution in [2.24, 2.45) is 17.8 Å². The minimum Gasteiger partial charge on any atom is -0.492 e. The zero-order chi connectivity index (χ0) is 45.8. The number of nitrogens with one attached hydrogen (secondary N) is 1. The van der Waals surface area contributed by atoms with Crippen LogP contribution in [0.5, 0.6) is 17.2 Å². The highest BCUT2D eigenvalue weighted by molar-refractivity contribution is 6.11. The predicted octanol–water partition coefficient (Wildman–Crippen LogP) is 4.46. The third kappa shape index (κ3) is 9.00. The molecule has 15 nitrogen and oxygen atoms in total. The van der Waals surface area contributed by atoms with E-state index in [1.165, 1.54) is 0 Å². The molecule has 3 aromatic rings. The number of aromatic amines is 1. The van der Waals surface area contributed by atoms with E-state index in [1.54, 1.807) is 14.0 Å². The van der Waals surface area contributed by atoms with Crippen LogP contribution >= 0.6 is 0 Å². The molecule has 2 aromatic carbocycles. The van der Waals surface area contributed by atoms with Gasteiger partial charge in [0.25, 0.3) is 0 Å². The minimum atomic E-state index is -1.37. The van der Waals surface area contributed by atoms with E-state index in [4.69, 9.17) is 23.7 Å². The van der Waals surface area contributed by atoms with Gasteiger partial charge in [0.15, 0.2) is 6.29 Å². The molecule has 6 N–H and O–H groups in total. The molecule has 1 saturated carbocycles. The van der Waals surface area contributed by atoms with Crippen LogP contribution in [0.15, 0.2) is 41.3 Å². The van der Waals surface area contributed by atoms with Crippen molar-refractivity contribution in [3.63, 3.8) is 0 Å². The first kappa shape index (κ1) is 46.9. The van der Waals surface area contributed by atoms with Gasteiger partial charge < -0.3 is 59.1 Å². The maximum Gasteiger partial charge on any atom is 0.375 e. The van der Waals surface area contributed by atoms with Crippen molar-refractivity contribution in [2.45, 2.75) is 102 Å². The Morgan fingerprint density at radius 2 is 1.83 bits per heavy atom. The molecular weight excluding hydrogens is 837 g/mol. The number of aliphatic hydroxyl groups is 5. The molecule has 5 aliphatic rings. The highest BCUT2D eigenvalue weighted by Gasteiger charge is 2.51. The molecule has 5 unspecified atom stereocenters. The Hall–Kier alpha value is -4.61. The summed E-state index contributed by atoms with van der Waals surface area (Å²) in [5.41, 5.74) is 3.01. The van der Waals surface area contributed by atoms with E-state index in [-0.39, 0.29) is 91.3 Å². The van der Waals surface area contributed by atoms with E-state index >= 15 is 0 Å². The molecular formula is C50H64N2O13. The van der Waals surface area contributed by atoms with Gasteiger partial charge in [-0.3, -0.25) is 9.59 Å². The summed E-state index contributed by atoms with van der Waals surface area (Å²) >= 11 is 0. The number of nitrogens with zero attached hydrogens (tertiary/aromatic N) is 1. The van der Waals surface area contributed by atoms with Crippen LogP contribution in [0.2, 0.25) is 0 Å². The molecule has 1 saturated heterocycles. The zero-order valence-electron chi connectivity index (χ0n) is 37.6. The average Bonchev–Trinajstić information content (AvgIpc) is 3.98. The molecule has 4 aliphatic heterocycles. The highest BCUT2D eigenvalue weighted by atomic mass is 16.6. The third-order valence-corrected chi connectivity index (χ3v) is 14.6. The summed E-state index contributed by atoms with van der Waals surface area (Å²) in [5.74, 6) is -3.07. The summed E-state index contributed by atoms with van der Waals surface area (Å²) < 4.78 is 31.0. The van der Waals surface area contributed by atoms with Crippen molar-refractivity contribution in [3.05, 3.63) is 69.1 Å². The summed E-state index contributed by atoms with van der Waals surface area (Å²) in [4.78, 5) is 47.6. The number of aliphatic hydroxyl groups excluding tert-OH is 4.